The zero-order valence-electron chi connectivity index (χ0n) is 17.4. The van der Waals surface area contributed by atoms with E-state index in [1.54, 1.807) is 18.7 Å². The van der Waals surface area contributed by atoms with Crippen molar-refractivity contribution in [2.75, 3.05) is 24.6 Å². The third kappa shape index (κ3) is 4.23. The molecule has 0 spiro atoms. The first kappa shape index (κ1) is 23.4. The fourth-order valence-electron chi connectivity index (χ4n) is 3.46. The molecule has 1 aromatic heterocycles. The maximum absolute atomic E-state index is 14.3. The minimum absolute atomic E-state index is 0.0277. The van der Waals surface area contributed by atoms with Crippen molar-refractivity contribution in [1.29, 1.82) is 5.26 Å². The second-order valence-corrected chi connectivity index (χ2v) is 9.72. The first-order chi connectivity index (χ1) is 14.9. The minimum Gasteiger partial charge on any atom is -0.372 e. The van der Waals surface area contributed by atoms with Crippen LogP contribution in [-0.4, -0.2) is 48.6 Å². The molecule has 2 heterocycles. The highest BCUT2D eigenvalue weighted by molar-refractivity contribution is 7.92. The summed E-state index contributed by atoms with van der Waals surface area (Å²) in [6, 6.07) is 3.91. The van der Waals surface area contributed by atoms with Crippen molar-refractivity contribution in [2.45, 2.75) is 36.5 Å². The van der Waals surface area contributed by atoms with Crippen LogP contribution in [0.5, 0.6) is 0 Å². The molecule has 0 saturated carbocycles. The number of aromatic nitrogens is 2. The summed E-state index contributed by atoms with van der Waals surface area (Å²) in [6.07, 6.45) is 0. The van der Waals surface area contributed by atoms with Gasteiger partial charge in [-0.25, -0.2) is 27.2 Å². The lowest BCUT2D eigenvalue weighted by Crippen LogP contribution is -2.49. The average Bonchev–Trinajstić information content (AvgIpc) is 2.68. The minimum atomic E-state index is -4.91. The zero-order valence-corrected chi connectivity index (χ0v) is 18.2. The van der Waals surface area contributed by atoms with E-state index < -0.39 is 53.5 Å². The Hall–Kier alpha value is -3.24. The van der Waals surface area contributed by atoms with Gasteiger partial charge < -0.3 is 9.64 Å². The van der Waals surface area contributed by atoms with Crippen LogP contribution in [0.2, 0.25) is 0 Å². The highest BCUT2D eigenvalue weighted by Gasteiger charge is 2.42. The van der Waals surface area contributed by atoms with Crippen LogP contribution >= 0.6 is 0 Å². The van der Waals surface area contributed by atoms with Crippen LogP contribution in [0.15, 0.2) is 23.1 Å². The van der Waals surface area contributed by atoms with Gasteiger partial charge in [-0.15, -0.1) is 0 Å². The molecule has 1 saturated heterocycles. The van der Waals surface area contributed by atoms with Gasteiger partial charge >= 0.3 is 5.69 Å². The Morgan fingerprint density at radius 1 is 1.34 bits per heavy atom. The number of morpholine rings is 1. The van der Waals surface area contributed by atoms with E-state index in [1.807, 2.05) is 0 Å². The number of halogens is 2. The van der Waals surface area contributed by atoms with Crippen molar-refractivity contribution in [3.8, 4) is 6.07 Å². The van der Waals surface area contributed by atoms with Crippen molar-refractivity contribution < 1.29 is 26.9 Å². The topological polar surface area (TPSA) is 139 Å². The molecule has 0 aliphatic carbocycles. The number of sulfone groups is 1. The number of aryl methyl sites for hydroxylation is 1. The number of rotatable bonds is 5. The van der Waals surface area contributed by atoms with Gasteiger partial charge in [0.15, 0.2) is 17.3 Å². The number of benzene rings is 1. The monoisotopic (exact) mass is 467 g/mol. The van der Waals surface area contributed by atoms with Crippen LogP contribution in [0, 0.1) is 40.0 Å². The van der Waals surface area contributed by atoms with Crippen molar-refractivity contribution in [3.63, 3.8) is 0 Å². The molecule has 0 radical (unpaired) electrons. The molecule has 1 atom stereocenters. The highest BCUT2D eigenvalue weighted by Crippen LogP contribution is 2.39. The molecule has 3 rings (SSSR count). The highest BCUT2D eigenvalue weighted by atomic mass is 32.2. The Morgan fingerprint density at radius 2 is 2.03 bits per heavy atom. The van der Waals surface area contributed by atoms with Gasteiger partial charge in [0.1, 0.15) is 10.7 Å². The quantitative estimate of drug-likeness (QED) is 0.479. The van der Waals surface area contributed by atoms with E-state index in [9.17, 15) is 32.6 Å². The zero-order chi connectivity index (χ0) is 23.8. The molecule has 1 aliphatic rings. The lowest BCUT2D eigenvalue weighted by molar-refractivity contribution is -0.385. The van der Waals surface area contributed by atoms with Gasteiger partial charge in [-0.3, -0.25) is 10.1 Å². The van der Waals surface area contributed by atoms with Crippen LogP contribution in [0.25, 0.3) is 0 Å². The molecule has 170 valence electrons. The van der Waals surface area contributed by atoms with Crippen LogP contribution in [-0.2, 0) is 14.6 Å². The van der Waals surface area contributed by atoms with E-state index in [0.717, 1.165) is 12.1 Å². The van der Waals surface area contributed by atoms with Crippen LogP contribution < -0.4 is 4.90 Å². The average molecular weight is 467 g/mol. The third-order valence-electron chi connectivity index (χ3n) is 4.81. The van der Waals surface area contributed by atoms with E-state index >= 15 is 0 Å². The van der Waals surface area contributed by atoms with Gasteiger partial charge in [0, 0.05) is 13.1 Å². The number of hydrogen-bond acceptors (Lipinski definition) is 9. The van der Waals surface area contributed by atoms with E-state index in [0.29, 0.717) is 6.07 Å². The molecule has 2 aromatic rings. The summed E-state index contributed by atoms with van der Waals surface area (Å²) in [5.74, 6) is -3.33. The SMILES string of the molecule is Cc1nc(C(C#N)S(=O)(=O)c2cccc(F)c2F)c([N+](=O)[O-])c(N2CCOC(C)(C)C2)n1. The molecule has 1 fully saturated rings. The number of nitro groups is 1. The molecule has 0 N–H and O–H groups in total. The van der Waals surface area contributed by atoms with Gasteiger partial charge in [0.25, 0.3) is 0 Å². The van der Waals surface area contributed by atoms with Gasteiger partial charge in [-0.05, 0) is 32.9 Å². The molecule has 0 bridgehead atoms. The second-order valence-electron chi connectivity index (χ2n) is 7.72. The summed E-state index contributed by atoms with van der Waals surface area (Å²) in [5.41, 5.74) is -2.18. The maximum Gasteiger partial charge on any atom is 0.335 e. The van der Waals surface area contributed by atoms with Crippen LogP contribution in [0.3, 0.4) is 0 Å². The first-order valence-corrected chi connectivity index (χ1v) is 10.9. The predicted octanol–water partition coefficient (Wildman–Crippen LogP) is 2.63. The Labute approximate surface area is 182 Å². The van der Waals surface area contributed by atoms with Gasteiger partial charge in [-0.1, -0.05) is 6.07 Å². The van der Waals surface area contributed by atoms with Crippen LogP contribution in [0.1, 0.15) is 30.6 Å². The van der Waals surface area contributed by atoms with Crippen molar-refractivity contribution in [3.05, 3.63) is 51.5 Å². The fraction of sp³-hybridized carbons (Fsp3) is 0.421. The number of nitrogens with zero attached hydrogens (tertiary/aromatic N) is 5. The molecular formula is C19H19F2N5O5S. The Bertz CT molecular complexity index is 1230. The van der Waals surface area contributed by atoms with Crippen molar-refractivity contribution in [2.24, 2.45) is 0 Å². The predicted molar refractivity (Wildman–Crippen MR) is 108 cm³/mol. The summed E-state index contributed by atoms with van der Waals surface area (Å²) in [6.45, 7) is 5.59. The second kappa shape index (κ2) is 8.36. The molecule has 1 aromatic carbocycles. The Balaban J connectivity index is 2.24. The fourth-order valence-corrected chi connectivity index (χ4v) is 4.92. The number of anilines is 1. The molecule has 13 heteroatoms. The lowest BCUT2D eigenvalue weighted by atomic mass is 10.1. The normalized spacial score (nSPS) is 16.9. The third-order valence-corrected chi connectivity index (χ3v) is 6.69. The Morgan fingerprint density at radius 3 is 2.62 bits per heavy atom. The van der Waals surface area contributed by atoms with Crippen LogP contribution in [0.4, 0.5) is 20.3 Å². The number of ether oxygens (including phenoxy) is 1. The van der Waals surface area contributed by atoms with Crippen molar-refractivity contribution >= 4 is 21.3 Å². The summed E-state index contributed by atoms with van der Waals surface area (Å²) in [7, 11) is -4.91. The van der Waals surface area contributed by atoms with E-state index in [2.05, 4.69) is 9.97 Å². The number of hydrogen-bond donors (Lipinski definition) is 0. The van der Waals surface area contributed by atoms with Gasteiger partial charge in [0.05, 0.1) is 23.2 Å². The van der Waals surface area contributed by atoms with E-state index in [-0.39, 0.29) is 31.3 Å². The molecule has 1 unspecified atom stereocenters. The molecule has 10 nitrogen and oxygen atoms in total. The Kier molecular flexibility index (Phi) is 6.12. The largest absolute Gasteiger partial charge is 0.372 e. The lowest BCUT2D eigenvalue weighted by Gasteiger charge is -2.38. The molecule has 1 aliphatic heterocycles. The smallest absolute Gasteiger partial charge is 0.335 e. The summed E-state index contributed by atoms with van der Waals surface area (Å²) in [4.78, 5) is 19.6. The number of nitriles is 1. The van der Waals surface area contributed by atoms with E-state index in [4.69, 9.17) is 4.74 Å². The maximum atomic E-state index is 14.3. The summed E-state index contributed by atoms with van der Waals surface area (Å²) >= 11 is 0. The molecular weight excluding hydrogens is 448 g/mol. The molecule has 0 amide bonds. The van der Waals surface area contributed by atoms with Gasteiger partial charge in [-0.2, -0.15) is 5.26 Å². The summed E-state index contributed by atoms with van der Waals surface area (Å²) < 4.78 is 59.6. The first-order valence-electron chi connectivity index (χ1n) is 9.38. The standard InChI is InChI=1S/C19H19F2N5O5S/c1-11-23-16(14(9-22)32(29,30)13-6-4-5-12(20)15(13)21)17(26(27)28)18(24-11)25-7-8-31-19(2,3)10-25/h4-6,14H,7-8,10H2,1-3H3. The van der Waals surface area contributed by atoms with Crippen molar-refractivity contribution in [1.82, 2.24) is 9.97 Å². The van der Waals surface area contributed by atoms with E-state index in [1.165, 1.54) is 13.0 Å². The summed E-state index contributed by atoms with van der Waals surface area (Å²) in [5, 5.41) is 19.4. The molecule has 32 heavy (non-hydrogen) atoms. The van der Waals surface area contributed by atoms with Gasteiger partial charge in [0.2, 0.25) is 20.9 Å².